The van der Waals surface area contributed by atoms with Gasteiger partial charge in [-0.15, -0.1) is 0 Å². The van der Waals surface area contributed by atoms with Crippen LogP contribution in [-0.2, 0) is 0 Å². The van der Waals surface area contributed by atoms with Crippen LogP contribution in [0.2, 0.25) is 0 Å². The van der Waals surface area contributed by atoms with E-state index >= 15 is 0 Å². The van der Waals surface area contributed by atoms with Gasteiger partial charge in [-0.3, -0.25) is 9.59 Å². The molecule has 5 nitrogen and oxygen atoms in total. The molecule has 158 valence electrons. The molecule has 0 aromatic heterocycles. The van der Waals surface area contributed by atoms with Crippen LogP contribution in [0.3, 0.4) is 0 Å². The number of carbonyl (C=O) groups excluding carboxylic acids is 2. The summed E-state index contributed by atoms with van der Waals surface area (Å²) >= 11 is 0. The normalized spacial score (nSPS) is 14.2. The Kier molecular flexibility index (Phi) is 7.66. The standard InChI is InChI=1S/C25H30N2O3/c1-3-16-27(25(29)21-10-12-23(13-11-21)30-19-4-2)22-14-17-26(18-15-22)24(28)20-8-6-5-7-9-20/h4-13,22H,2-3,14-19H2,1H3. The number of carbonyl (C=O) groups is 2. The smallest absolute Gasteiger partial charge is 0.254 e. The molecule has 0 bridgehead atoms. The van der Waals surface area contributed by atoms with Crippen LogP contribution in [0.25, 0.3) is 0 Å². The summed E-state index contributed by atoms with van der Waals surface area (Å²) in [5.41, 5.74) is 1.38. The molecule has 1 saturated heterocycles. The predicted octanol–water partition coefficient (Wildman–Crippen LogP) is 4.41. The molecule has 0 radical (unpaired) electrons. The molecule has 0 spiro atoms. The molecule has 0 unspecified atom stereocenters. The lowest BCUT2D eigenvalue weighted by molar-refractivity contribution is 0.0519. The Morgan fingerprint density at radius 3 is 2.33 bits per heavy atom. The van der Waals surface area contributed by atoms with Crippen LogP contribution >= 0.6 is 0 Å². The molecule has 5 heteroatoms. The van der Waals surface area contributed by atoms with Gasteiger partial charge >= 0.3 is 0 Å². The highest BCUT2D eigenvalue weighted by molar-refractivity contribution is 5.95. The Labute approximate surface area is 178 Å². The first-order valence-corrected chi connectivity index (χ1v) is 10.6. The van der Waals surface area contributed by atoms with Crippen molar-refractivity contribution in [1.82, 2.24) is 9.80 Å². The van der Waals surface area contributed by atoms with Crippen LogP contribution in [-0.4, -0.2) is 53.9 Å². The lowest BCUT2D eigenvalue weighted by Crippen LogP contribution is -2.49. The van der Waals surface area contributed by atoms with E-state index in [9.17, 15) is 9.59 Å². The molecule has 2 aromatic carbocycles. The van der Waals surface area contributed by atoms with Crippen LogP contribution in [0, 0.1) is 0 Å². The van der Waals surface area contributed by atoms with Crippen molar-refractivity contribution >= 4 is 11.8 Å². The largest absolute Gasteiger partial charge is 0.490 e. The Balaban J connectivity index is 1.63. The van der Waals surface area contributed by atoms with Gasteiger partial charge in [-0.25, -0.2) is 0 Å². The third kappa shape index (κ3) is 5.29. The van der Waals surface area contributed by atoms with Gasteiger partial charge in [0.2, 0.25) is 0 Å². The van der Waals surface area contributed by atoms with Gasteiger partial charge in [0.05, 0.1) is 0 Å². The number of amides is 2. The van der Waals surface area contributed by atoms with Gasteiger partial charge in [0, 0.05) is 36.8 Å². The Bertz CT molecular complexity index is 840. The molecule has 3 rings (SSSR count). The molecule has 2 aromatic rings. The van der Waals surface area contributed by atoms with Crippen molar-refractivity contribution < 1.29 is 14.3 Å². The van der Waals surface area contributed by atoms with E-state index in [0.717, 1.165) is 30.6 Å². The molecule has 0 atom stereocenters. The molecule has 2 amide bonds. The second kappa shape index (κ2) is 10.6. The van der Waals surface area contributed by atoms with Gasteiger partial charge < -0.3 is 14.5 Å². The summed E-state index contributed by atoms with van der Waals surface area (Å²) in [6.45, 7) is 8.21. The molecule has 1 aliphatic heterocycles. The first-order valence-electron chi connectivity index (χ1n) is 10.6. The summed E-state index contributed by atoms with van der Waals surface area (Å²) in [5, 5.41) is 0. The molecule has 1 heterocycles. The lowest BCUT2D eigenvalue weighted by Gasteiger charge is -2.38. The van der Waals surface area contributed by atoms with Crippen LogP contribution in [0.5, 0.6) is 5.75 Å². The summed E-state index contributed by atoms with van der Waals surface area (Å²) in [4.78, 5) is 29.7. The third-order valence-electron chi connectivity index (χ3n) is 5.41. The maximum absolute atomic E-state index is 13.2. The molecule has 1 fully saturated rings. The molecule has 0 aliphatic carbocycles. The van der Waals surface area contributed by atoms with Gasteiger partial charge in [-0.05, 0) is 55.7 Å². The van der Waals surface area contributed by atoms with E-state index in [2.05, 4.69) is 13.5 Å². The summed E-state index contributed by atoms with van der Waals surface area (Å²) in [5.74, 6) is 0.832. The second-order valence-electron chi connectivity index (χ2n) is 7.51. The minimum atomic E-state index is 0.0416. The number of piperidine rings is 1. The molecular formula is C25H30N2O3. The fraction of sp³-hybridized carbons (Fsp3) is 0.360. The predicted molar refractivity (Wildman–Crippen MR) is 119 cm³/mol. The summed E-state index contributed by atoms with van der Waals surface area (Å²) in [6.07, 6.45) is 4.18. The molecule has 0 saturated carbocycles. The van der Waals surface area contributed by atoms with E-state index in [-0.39, 0.29) is 17.9 Å². The maximum Gasteiger partial charge on any atom is 0.254 e. The number of nitrogens with zero attached hydrogens (tertiary/aromatic N) is 2. The first kappa shape index (κ1) is 21.6. The van der Waals surface area contributed by atoms with Crippen molar-refractivity contribution in [2.75, 3.05) is 26.2 Å². The maximum atomic E-state index is 13.2. The highest BCUT2D eigenvalue weighted by atomic mass is 16.5. The quantitative estimate of drug-likeness (QED) is 0.610. The molecule has 0 N–H and O–H groups in total. The summed E-state index contributed by atoms with van der Waals surface area (Å²) in [7, 11) is 0. The van der Waals surface area contributed by atoms with Gasteiger partial charge in [-0.1, -0.05) is 37.8 Å². The number of benzene rings is 2. The van der Waals surface area contributed by atoms with E-state index in [1.807, 2.05) is 64.4 Å². The third-order valence-corrected chi connectivity index (χ3v) is 5.41. The number of rotatable bonds is 8. The zero-order valence-electron chi connectivity index (χ0n) is 17.6. The van der Waals surface area contributed by atoms with E-state index in [0.29, 0.717) is 31.8 Å². The second-order valence-corrected chi connectivity index (χ2v) is 7.51. The summed E-state index contributed by atoms with van der Waals surface area (Å²) < 4.78 is 5.50. The topological polar surface area (TPSA) is 49.9 Å². The van der Waals surface area contributed by atoms with Gasteiger partial charge in [0.1, 0.15) is 12.4 Å². The zero-order valence-corrected chi connectivity index (χ0v) is 17.6. The Hall–Kier alpha value is -3.08. The molecule has 1 aliphatic rings. The lowest BCUT2D eigenvalue weighted by atomic mass is 10.0. The Morgan fingerprint density at radius 2 is 1.73 bits per heavy atom. The molecular weight excluding hydrogens is 376 g/mol. The fourth-order valence-electron chi connectivity index (χ4n) is 3.85. The highest BCUT2D eigenvalue weighted by Crippen LogP contribution is 2.22. The zero-order chi connectivity index (χ0) is 21.3. The van der Waals surface area contributed by atoms with Crippen molar-refractivity contribution in [3.63, 3.8) is 0 Å². The van der Waals surface area contributed by atoms with Crippen LogP contribution < -0.4 is 4.74 Å². The van der Waals surface area contributed by atoms with Crippen molar-refractivity contribution in [2.45, 2.75) is 32.2 Å². The fourth-order valence-corrected chi connectivity index (χ4v) is 3.85. The van der Waals surface area contributed by atoms with E-state index in [1.54, 1.807) is 6.08 Å². The van der Waals surface area contributed by atoms with E-state index in [1.165, 1.54) is 0 Å². The van der Waals surface area contributed by atoms with Crippen LogP contribution in [0.4, 0.5) is 0 Å². The van der Waals surface area contributed by atoms with E-state index < -0.39 is 0 Å². The molecule has 30 heavy (non-hydrogen) atoms. The van der Waals surface area contributed by atoms with Gasteiger partial charge in [0.15, 0.2) is 0 Å². The van der Waals surface area contributed by atoms with Crippen LogP contribution in [0.15, 0.2) is 67.3 Å². The number of ether oxygens (including phenoxy) is 1. The van der Waals surface area contributed by atoms with Crippen molar-refractivity contribution in [2.24, 2.45) is 0 Å². The van der Waals surface area contributed by atoms with Crippen molar-refractivity contribution in [3.05, 3.63) is 78.4 Å². The highest BCUT2D eigenvalue weighted by Gasteiger charge is 2.30. The average Bonchev–Trinajstić information content (AvgIpc) is 2.81. The minimum absolute atomic E-state index is 0.0416. The van der Waals surface area contributed by atoms with Crippen molar-refractivity contribution in [3.8, 4) is 5.75 Å². The number of hydrogen-bond acceptors (Lipinski definition) is 3. The van der Waals surface area contributed by atoms with E-state index in [4.69, 9.17) is 4.74 Å². The van der Waals surface area contributed by atoms with Gasteiger partial charge in [-0.2, -0.15) is 0 Å². The average molecular weight is 407 g/mol. The Morgan fingerprint density at radius 1 is 1.07 bits per heavy atom. The SMILES string of the molecule is C=CCOc1ccc(C(=O)N(CCC)C2CCN(C(=O)c3ccccc3)CC2)cc1. The number of hydrogen-bond donors (Lipinski definition) is 0. The number of likely N-dealkylation sites (tertiary alicyclic amines) is 1. The minimum Gasteiger partial charge on any atom is -0.490 e. The van der Waals surface area contributed by atoms with Gasteiger partial charge in [0.25, 0.3) is 11.8 Å². The first-order chi connectivity index (χ1) is 14.6. The van der Waals surface area contributed by atoms with Crippen LogP contribution in [0.1, 0.15) is 46.9 Å². The summed E-state index contributed by atoms with van der Waals surface area (Å²) in [6, 6.07) is 16.8. The monoisotopic (exact) mass is 406 g/mol. The van der Waals surface area contributed by atoms with Crippen molar-refractivity contribution in [1.29, 1.82) is 0 Å².